The summed E-state index contributed by atoms with van der Waals surface area (Å²) in [7, 11) is 0. The van der Waals surface area contributed by atoms with Crippen LogP contribution in [0.2, 0.25) is 0 Å². The van der Waals surface area contributed by atoms with Gasteiger partial charge in [0.05, 0.1) is 5.75 Å². The number of amides is 2. The zero-order valence-corrected chi connectivity index (χ0v) is 7.20. The van der Waals surface area contributed by atoms with Gasteiger partial charge in [0.15, 0.2) is 0 Å². The van der Waals surface area contributed by atoms with Gasteiger partial charge in [-0.2, -0.15) is 0 Å². The highest BCUT2D eigenvalue weighted by Gasteiger charge is 2.16. The largest absolute Gasteiger partial charge is 0.412 e. The Morgan fingerprint density at radius 2 is 1.80 bits per heavy atom. The molecule has 4 nitrogen and oxygen atoms in total. The molecule has 0 saturated carbocycles. The van der Waals surface area contributed by atoms with Crippen molar-refractivity contribution in [2.75, 3.05) is 5.75 Å². The molecule has 0 radical (unpaired) electrons. The number of halogens is 2. The van der Waals surface area contributed by atoms with Crippen molar-refractivity contribution in [3.63, 3.8) is 0 Å². The van der Waals surface area contributed by atoms with Gasteiger partial charge in [-0.05, 0) is 0 Å². The number of carbonyl (C=O) groups excluding carboxylic acids is 2. The molecule has 1 rings (SSSR count). The number of carbonyl (C=O) groups is 2. The third-order valence-electron chi connectivity index (χ3n) is 0.576. The molecule has 3 N–H and O–H groups in total. The van der Waals surface area contributed by atoms with Crippen LogP contribution in [-0.4, -0.2) is 22.4 Å². The molecule has 0 aromatic carbocycles. The number of hydrogen-bond acceptors (Lipinski definition) is 3. The summed E-state index contributed by atoms with van der Waals surface area (Å²) in [6.45, 7) is 0. The topological polar surface area (TPSA) is 77.7 Å². The molecule has 0 unspecified atom stereocenters. The average molecular weight is 208 g/mol. The second kappa shape index (κ2) is 7.14. The van der Waals surface area contributed by atoms with Crippen LogP contribution < -0.4 is 5.32 Å². The van der Waals surface area contributed by atoms with E-state index in [0.717, 1.165) is 11.8 Å². The normalized spacial score (nSPS) is 14.0. The molecular formula is C3H7Cl2NO3S. The SMILES string of the molecule is Cl.Cl.O.O=C1CSC(=O)N1. The van der Waals surface area contributed by atoms with Gasteiger partial charge in [0.1, 0.15) is 0 Å². The predicted molar refractivity (Wildman–Crippen MR) is 44.1 cm³/mol. The van der Waals surface area contributed by atoms with Gasteiger partial charge in [0.25, 0.3) is 5.24 Å². The van der Waals surface area contributed by atoms with E-state index in [9.17, 15) is 9.59 Å². The van der Waals surface area contributed by atoms with Crippen molar-refractivity contribution >= 4 is 47.7 Å². The molecule has 0 aromatic heterocycles. The number of nitrogens with one attached hydrogen (secondary N) is 1. The molecule has 0 aliphatic carbocycles. The van der Waals surface area contributed by atoms with E-state index in [-0.39, 0.29) is 41.4 Å². The zero-order valence-electron chi connectivity index (χ0n) is 4.75. The van der Waals surface area contributed by atoms with Crippen LogP contribution in [0, 0.1) is 0 Å². The van der Waals surface area contributed by atoms with Crippen LogP contribution in [0.4, 0.5) is 4.79 Å². The molecule has 1 fully saturated rings. The van der Waals surface area contributed by atoms with E-state index in [1.54, 1.807) is 0 Å². The first kappa shape index (κ1) is 16.5. The molecule has 0 bridgehead atoms. The minimum atomic E-state index is -0.231. The van der Waals surface area contributed by atoms with Crippen LogP contribution in [0.25, 0.3) is 0 Å². The summed E-state index contributed by atoms with van der Waals surface area (Å²) in [4.78, 5) is 20.2. The molecule has 1 saturated heterocycles. The zero-order chi connectivity index (χ0) is 5.28. The average Bonchev–Trinajstić information content (AvgIpc) is 1.87. The Bertz CT molecular complexity index is 117. The number of hydrogen-bond donors (Lipinski definition) is 1. The molecule has 0 spiro atoms. The minimum absolute atomic E-state index is 0. The van der Waals surface area contributed by atoms with Gasteiger partial charge in [-0.15, -0.1) is 24.8 Å². The summed E-state index contributed by atoms with van der Waals surface area (Å²) in [6, 6.07) is 0. The van der Waals surface area contributed by atoms with E-state index in [2.05, 4.69) is 5.32 Å². The molecule has 1 aliphatic rings. The maximum Gasteiger partial charge on any atom is 0.286 e. The maximum atomic E-state index is 10.1. The molecule has 1 heterocycles. The van der Waals surface area contributed by atoms with Crippen LogP contribution in [0.5, 0.6) is 0 Å². The first-order chi connectivity index (χ1) is 3.29. The smallest absolute Gasteiger partial charge is 0.286 e. The van der Waals surface area contributed by atoms with Crippen LogP contribution in [0.3, 0.4) is 0 Å². The van der Waals surface area contributed by atoms with Crippen LogP contribution >= 0.6 is 36.6 Å². The first-order valence-electron chi connectivity index (χ1n) is 1.75. The number of imide groups is 1. The monoisotopic (exact) mass is 207 g/mol. The lowest BCUT2D eigenvalue weighted by Gasteiger charge is -1.77. The van der Waals surface area contributed by atoms with Crippen molar-refractivity contribution in [1.29, 1.82) is 0 Å². The van der Waals surface area contributed by atoms with Gasteiger partial charge in [0.2, 0.25) is 5.91 Å². The molecule has 2 amide bonds. The molecular weight excluding hydrogens is 201 g/mol. The van der Waals surface area contributed by atoms with Gasteiger partial charge in [-0.3, -0.25) is 14.9 Å². The second-order valence-electron chi connectivity index (χ2n) is 1.12. The lowest BCUT2D eigenvalue weighted by molar-refractivity contribution is -0.117. The lowest BCUT2D eigenvalue weighted by atomic mass is 10.7. The molecule has 0 aromatic rings. The summed E-state index contributed by atoms with van der Waals surface area (Å²) in [5.41, 5.74) is 0. The fourth-order valence-electron chi connectivity index (χ4n) is 0.317. The van der Waals surface area contributed by atoms with Crippen molar-refractivity contribution in [3.8, 4) is 0 Å². The fourth-order valence-corrected chi connectivity index (χ4v) is 0.837. The molecule has 62 valence electrons. The van der Waals surface area contributed by atoms with Gasteiger partial charge in [0, 0.05) is 0 Å². The third kappa shape index (κ3) is 4.87. The summed E-state index contributed by atoms with van der Waals surface area (Å²) in [6.07, 6.45) is 0. The minimum Gasteiger partial charge on any atom is -0.412 e. The second-order valence-corrected chi connectivity index (χ2v) is 2.07. The quantitative estimate of drug-likeness (QED) is 0.608. The number of rotatable bonds is 0. The van der Waals surface area contributed by atoms with E-state index in [1.807, 2.05) is 0 Å². The Balaban J connectivity index is -0.000000163. The van der Waals surface area contributed by atoms with Crippen molar-refractivity contribution in [2.24, 2.45) is 0 Å². The Kier molecular flexibility index (Phi) is 11.8. The van der Waals surface area contributed by atoms with E-state index < -0.39 is 0 Å². The highest BCUT2D eigenvalue weighted by molar-refractivity contribution is 8.14. The van der Waals surface area contributed by atoms with E-state index >= 15 is 0 Å². The van der Waals surface area contributed by atoms with Crippen molar-refractivity contribution in [3.05, 3.63) is 0 Å². The van der Waals surface area contributed by atoms with E-state index in [0.29, 0.717) is 5.75 Å². The molecule has 7 heteroatoms. The predicted octanol–water partition coefficient (Wildman–Crippen LogP) is -0.0117. The Hall–Kier alpha value is 0.0300. The third-order valence-corrected chi connectivity index (χ3v) is 1.35. The molecule has 10 heavy (non-hydrogen) atoms. The van der Waals surface area contributed by atoms with Gasteiger partial charge >= 0.3 is 0 Å². The standard InChI is InChI=1S/C3H3NO2S.2ClH.H2O/c5-2-1-7-3(6)4-2;;;/h1H2,(H,4,5,6);2*1H;1H2. The van der Waals surface area contributed by atoms with Gasteiger partial charge in [-0.1, -0.05) is 11.8 Å². The van der Waals surface area contributed by atoms with Crippen molar-refractivity contribution in [1.82, 2.24) is 5.32 Å². The summed E-state index contributed by atoms with van der Waals surface area (Å²) in [5.74, 6) is 0.105. The first-order valence-corrected chi connectivity index (χ1v) is 2.74. The summed E-state index contributed by atoms with van der Waals surface area (Å²) >= 11 is 1.01. The fraction of sp³-hybridized carbons (Fsp3) is 0.333. The maximum absolute atomic E-state index is 10.1. The highest BCUT2D eigenvalue weighted by Crippen LogP contribution is 2.06. The van der Waals surface area contributed by atoms with Crippen LogP contribution in [-0.2, 0) is 4.79 Å². The summed E-state index contributed by atoms with van der Waals surface area (Å²) < 4.78 is 0. The summed E-state index contributed by atoms with van der Waals surface area (Å²) in [5, 5.41) is 1.87. The van der Waals surface area contributed by atoms with E-state index in [1.165, 1.54) is 0 Å². The van der Waals surface area contributed by atoms with E-state index in [4.69, 9.17) is 0 Å². The highest BCUT2D eigenvalue weighted by atomic mass is 35.5. The van der Waals surface area contributed by atoms with Crippen LogP contribution in [0.15, 0.2) is 0 Å². The van der Waals surface area contributed by atoms with Gasteiger partial charge < -0.3 is 5.48 Å². The van der Waals surface area contributed by atoms with Gasteiger partial charge in [-0.25, -0.2) is 0 Å². The Morgan fingerprint density at radius 3 is 1.90 bits per heavy atom. The van der Waals surface area contributed by atoms with Crippen molar-refractivity contribution < 1.29 is 15.1 Å². The van der Waals surface area contributed by atoms with Crippen molar-refractivity contribution in [2.45, 2.75) is 0 Å². The molecule has 1 aliphatic heterocycles. The Labute approximate surface area is 74.2 Å². The Morgan fingerprint density at radius 1 is 1.30 bits per heavy atom. The van der Waals surface area contributed by atoms with Crippen LogP contribution in [0.1, 0.15) is 0 Å². The lowest BCUT2D eigenvalue weighted by Crippen LogP contribution is -2.18. The number of thioether (sulfide) groups is 1. The molecule has 0 atom stereocenters.